The van der Waals surface area contributed by atoms with Crippen LogP contribution < -0.4 is 0 Å². The van der Waals surface area contributed by atoms with Crippen molar-refractivity contribution in [2.75, 3.05) is 5.75 Å². The fraction of sp³-hybridized carbons (Fsp3) is 0.889. The third kappa shape index (κ3) is 33.2. The van der Waals surface area contributed by atoms with E-state index >= 15 is 0 Å². The Hall–Kier alpha value is 0.110. The fourth-order valence-corrected chi connectivity index (χ4v) is 1.12. The molecule has 0 unspecified atom stereocenters. The molecule has 13 heavy (non-hydrogen) atoms. The minimum Gasteiger partial charge on any atom is -0.469 e. The largest absolute Gasteiger partial charge is 0.469 e. The van der Waals surface area contributed by atoms with Gasteiger partial charge >= 0.3 is 5.43 Å². The average Bonchev–Trinajstić information content (AvgIpc) is 2.03. The molecule has 0 atom stereocenters. The first-order valence-electron chi connectivity index (χ1n) is 4.64. The average molecular weight is 227 g/mol. The highest BCUT2D eigenvalue weighted by Gasteiger charge is 1.86. The van der Waals surface area contributed by atoms with Crippen LogP contribution in [0.25, 0.3) is 0 Å². The number of rotatable bonds is 6. The molecule has 0 amide bonds. The third-order valence-corrected chi connectivity index (χ3v) is 1.83. The molecular weight excluding hydrogens is 208 g/mol. The lowest BCUT2D eigenvalue weighted by Crippen LogP contribution is -1.78. The molecule has 0 fully saturated rings. The number of carbonyl (C=O) groups is 1. The summed E-state index contributed by atoms with van der Waals surface area (Å²) in [6, 6.07) is 0. The molecule has 0 saturated heterocycles. The van der Waals surface area contributed by atoms with Gasteiger partial charge in [-0.25, -0.2) is 4.79 Å². The molecule has 80 valence electrons. The molecule has 2 nitrogen and oxygen atoms in total. The van der Waals surface area contributed by atoms with Crippen molar-refractivity contribution >= 4 is 29.7 Å². The smallest absolute Gasteiger partial charge is 0.401 e. The standard InChI is InChI=1S/C8H18S.CHClO2/c1-2-3-4-5-6-7-8-9;2-1(3)4/h9H,2-8H2,1H3;(H,3,4). The molecule has 0 aromatic heterocycles. The van der Waals surface area contributed by atoms with Gasteiger partial charge in [-0.15, -0.1) is 0 Å². The summed E-state index contributed by atoms with van der Waals surface area (Å²) in [6.45, 7) is 2.25. The van der Waals surface area contributed by atoms with Crippen molar-refractivity contribution in [3.05, 3.63) is 0 Å². The van der Waals surface area contributed by atoms with Crippen molar-refractivity contribution in [1.82, 2.24) is 0 Å². The summed E-state index contributed by atoms with van der Waals surface area (Å²) >= 11 is 8.34. The second kappa shape index (κ2) is 14.6. The Labute approximate surface area is 91.1 Å². The molecule has 0 heterocycles. The predicted molar refractivity (Wildman–Crippen MR) is 61.1 cm³/mol. The number of hydrogen-bond donors (Lipinski definition) is 2. The molecule has 0 aromatic rings. The van der Waals surface area contributed by atoms with E-state index in [0.717, 1.165) is 5.75 Å². The molecule has 0 aliphatic carbocycles. The summed E-state index contributed by atoms with van der Waals surface area (Å²) in [4.78, 5) is 8.77. The number of thiol groups is 1. The Kier molecular flexibility index (Phi) is 17.5. The van der Waals surface area contributed by atoms with E-state index in [1.807, 2.05) is 0 Å². The van der Waals surface area contributed by atoms with Gasteiger partial charge in [-0.2, -0.15) is 12.6 Å². The molecule has 0 rings (SSSR count). The minimum atomic E-state index is -1.36. The first-order chi connectivity index (χ1) is 6.15. The van der Waals surface area contributed by atoms with Gasteiger partial charge in [-0.1, -0.05) is 39.0 Å². The molecule has 0 aliphatic rings. The Morgan fingerprint density at radius 2 is 1.62 bits per heavy atom. The van der Waals surface area contributed by atoms with Gasteiger partial charge in [0.1, 0.15) is 0 Å². The van der Waals surface area contributed by atoms with Crippen molar-refractivity contribution in [3.8, 4) is 0 Å². The molecule has 0 aliphatic heterocycles. The van der Waals surface area contributed by atoms with Gasteiger partial charge in [0.05, 0.1) is 0 Å². The normalized spacial score (nSPS) is 8.85. The molecule has 0 bridgehead atoms. The first-order valence-corrected chi connectivity index (χ1v) is 5.65. The van der Waals surface area contributed by atoms with Crippen LogP contribution in [0.3, 0.4) is 0 Å². The van der Waals surface area contributed by atoms with Crippen LogP contribution in [0.1, 0.15) is 45.4 Å². The van der Waals surface area contributed by atoms with Crippen LogP contribution >= 0.6 is 24.2 Å². The number of hydrogen-bond acceptors (Lipinski definition) is 2. The van der Waals surface area contributed by atoms with Crippen LogP contribution in [0.2, 0.25) is 0 Å². The molecule has 0 aromatic carbocycles. The van der Waals surface area contributed by atoms with Gasteiger partial charge in [0.15, 0.2) is 0 Å². The van der Waals surface area contributed by atoms with Gasteiger partial charge in [-0.3, -0.25) is 0 Å². The predicted octanol–water partition coefficient (Wildman–Crippen LogP) is 4.18. The summed E-state index contributed by atoms with van der Waals surface area (Å²) in [6.07, 6.45) is 8.27. The Morgan fingerprint density at radius 1 is 1.23 bits per heavy atom. The van der Waals surface area contributed by atoms with Crippen LogP contribution in [0.5, 0.6) is 0 Å². The Morgan fingerprint density at radius 3 is 2.00 bits per heavy atom. The summed E-state index contributed by atoms with van der Waals surface area (Å²) in [5.74, 6) is 1.06. The van der Waals surface area contributed by atoms with E-state index in [4.69, 9.17) is 9.90 Å². The zero-order valence-electron chi connectivity index (χ0n) is 8.13. The van der Waals surface area contributed by atoms with E-state index < -0.39 is 5.43 Å². The number of unbranched alkanes of at least 4 members (excludes halogenated alkanes) is 5. The second-order valence-electron chi connectivity index (χ2n) is 2.74. The molecule has 0 radical (unpaired) electrons. The highest BCUT2D eigenvalue weighted by Crippen LogP contribution is 2.04. The van der Waals surface area contributed by atoms with Crippen LogP contribution in [0.15, 0.2) is 0 Å². The lowest BCUT2D eigenvalue weighted by atomic mass is 10.1. The quantitative estimate of drug-likeness (QED) is 0.405. The highest BCUT2D eigenvalue weighted by atomic mass is 35.5. The Bertz CT molecular complexity index is 99.8. The van der Waals surface area contributed by atoms with Crippen LogP contribution in [-0.4, -0.2) is 16.3 Å². The molecule has 1 N–H and O–H groups in total. The second-order valence-corrected chi connectivity index (χ2v) is 3.51. The lowest BCUT2D eigenvalue weighted by molar-refractivity contribution is 0.220. The molecule has 4 heteroatoms. The van der Waals surface area contributed by atoms with E-state index in [0.29, 0.717) is 0 Å². The first kappa shape index (κ1) is 15.6. The number of carboxylic acid groups (broad SMARTS) is 1. The molecule has 0 saturated carbocycles. The molecule has 0 spiro atoms. The van der Waals surface area contributed by atoms with Gasteiger partial charge in [0, 0.05) is 11.6 Å². The van der Waals surface area contributed by atoms with Gasteiger partial charge < -0.3 is 5.11 Å². The van der Waals surface area contributed by atoms with Crippen molar-refractivity contribution in [2.45, 2.75) is 45.4 Å². The van der Waals surface area contributed by atoms with E-state index in [-0.39, 0.29) is 0 Å². The summed E-state index contributed by atoms with van der Waals surface area (Å²) in [5.41, 5.74) is -1.36. The summed E-state index contributed by atoms with van der Waals surface area (Å²) < 4.78 is 0. The summed E-state index contributed by atoms with van der Waals surface area (Å²) in [5, 5.41) is 7.18. The van der Waals surface area contributed by atoms with E-state index in [9.17, 15) is 0 Å². The van der Waals surface area contributed by atoms with Gasteiger partial charge in [0.2, 0.25) is 0 Å². The van der Waals surface area contributed by atoms with Crippen molar-refractivity contribution in [2.24, 2.45) is 0 Å². The van der Waals surface area contributed by atoms with Gasteiger partial charge in [-0.05, 0) is 12.2 Å². The highest BCUT2D eigenvalue weighted by molar-refractivity contribution is 7.80. The third-order valence-electron chi connectivity index (χ3n) is 1.51. The SMILES string of the molecule is CCCCCCCCS.O=C(O)Cl. The topological polar surface area (TPSA) is 37.3 Å². The van der Waals surface area contributed by atoms with Crippen LogP contribution in [0, 0.1) is 0 Å². The van der Waals surface area contributed by atoms with E-state index in [1.165, 1.54) is 38.5 Å². The van der Waals surface area contributed by atoms with Crippen molar-refractivity contribution in [1.29, 1.82) is 0 Å². The monoisotopic (exact) mass is 226 g/mol. The van der Waals surface area contributed by atoms with Gasteiger partial charge in [0.25, 0.3) is 0 Å². The molecular formula is C9H19ClO2S. The van der Waals surface area contributed by atoms with E-state index in [2.05, 4.69) is 31.2 Å². The minimum absolute atomic E-state index is 1.06. The van der Waals surface area contributed by atoms with Crippen molar-refractivity contribution < 1.29 is 9.90 Å². The zero-order valence-corrected chi connectivity index (χ0v) is 9.78. The number of halogens is 1. The lowest BCUT2D eigenvalue weighted by Gasteiger charge is -1.95. The maximum absolute atomic E-state index is 8.77. The summed E-state index contributed by atoms with van der Waals surface area (Å²) in [7, 11) is 0. The maximum atomic E-state index is 8.77. The van der Waals surface area contributed by atoms with E-state index in [1.54, 1.807) is 0 Å². The fourth-order valence-electron chi connectivity index (χ4n) is 0.892. The van der Waals surface area contributed by atoms with Crippen LogP contribution in [0.4, 0.5) is 4.79 Å². The maximum Gasteiger partial charge on any atom is 0.401 e. The van der Waals surface area contributed by atoms with Crippen LogP contribution in [-0.2, 0) is 0 Å². The Balaban J connectivity index is 0. The van der Waals surface area contributed by atoms with Crippen molar-refractivity contribution in [3.63, 3.8) is 0 Å². The zero-order chi connectivity index (χ0) is 10.5.